The number of nitrogen functional groups attached to an aromatic ring is 1. The van der Waals surface area contributed by atoms with Gasteiger partial charge in [-0.1, -0.05) is 11.8 Å². The molecule has 1 aromatic heterocycles. The first-order chi connectivity index (χ1) is 16.4. The van der Waals surface area contributed by atoms with Crippen LogP contribution in [0.1, 0.15) is 5.56 Å². The third-order valence-electron chi connectivity index (χ3n) is 5.08. The molecule has 0 saturated carbocycles. The van der Waals surface area contributed by atoms with Gasteiger partial charge < -0.3 is 26.6 Å². The number of benzene rings is 2. The fourth-order valence-electron chi connectivity index (χ4n) is 3.46. The van der Waals surface area contributed by atoms with E-state index in [0.717, 1.165) is 55.4 Å². The molecule has 7 nitrogen and oxygen atoms in total. The van der Waals surface area contributed by atoms with Gasteiger partial charge in [0.1, 0.15) is 23.3 Å². The molecule has 0 atom stereocenters. The molecule has 1 aliphatic rings. The molecule has 0 aliphatic carbocycles. The maximum Gasteiger partial charge on any atom is 0.176 e. The normalized spacial score (nSPS) is 13.4. The lowest BCUT2D eigenvalue weighted by Gasteiger charge is -2.29. The first-order valence-corrected chi connectivity index (χ1v) is 11.7. The summed E-state index contributed by atoms with van der Waals surface area (Å²) in [4.78, 5) is 7.36. The maximum atomic E-state index is 13.5. The van der Waals surface area contributed by atoms with Crippen LogP contribution in [0.3, 0.4) is 0 Å². The van der Waals surface area contributed by atoms with Crippen molar-refractivity contribution in [1.29, 1.82) is 5.41 Å². The highest BCUT2D eigenvalue weighted by Gasteiger charge is 2.13. The lowest BCUT2D eigenvalue weighted by molar-refractivity contribution is 0.577. The molecule has 1 fully saturated rings. The van der Waals surface area contributed by atoms with E-state index in [-0.39, 0.29) is 16.8 Å². The Labute approximate surface area is 205 Å². The predicted molar refractivity (Wildman–Crippen MR) is 137 cm³/mol. The van der Waals surface area contributed by atoms with Crippen LogP contribution in [0.25, 0.3) is 0 Å². The zero-order valence-electron chi connectivity index (χ0n) is 18.1. The first kappa shape index (κ1) is 23.9. The van der Waals surface area contributed by atoms with Gasteiger partial charge in [-0.25, -0.2) is 13.8 Å². The molecule has 0 amide bonds. The summed E-state index contributed by atoms with van der Waals surface area (Å²) in [6.07, 6.45) is 1.48. The van der Waals surface area contributed by atoms with Crippen molar-refractivity contribution in [2.45, 2.75) is 9.79 Å². The van der Waals surface area contributed by atoms with Crippen LogP contribution in [0.2, 0.25) is 0 Å². The number of piperazine rings is 1. The third-order valence-corrected chi connectivity index (χ3v) is 6.21. The smallest absolute Gasteiger partial charge is 0.176 e. The molecule has 4 rings (SSSR count). The molecule has 2 heterocycles. The molecule has 0 unspecified atom stereocenters. The van der Waals surface area contributed by atoms with E-state index in [1.54, 1.807) is 6.07 Å². The van der Waals surface area contributed by atoms with Crippen LogP contribution in [0.5, 0.6) is 0 Å². The number of hydrogen-bond donors (Lipinski definition) is 5. The molecule has 1 saturated heterocycles. The standard InChI is InChI=1S/C23H23F2N7S2/c24-14-9-15(25)11-18(10-14)34-19-12-20(21(26)29-13-19)22(27)31-23(33)30-16-1-3-17(4-2-16)32-7-5-28-6-8-32/h1-4,9-13,28H,5-8H2,(H2,26,29)(H3,27,30,31,33). The summed E-state index contributed by atoms with van der Waals surface area (Å²) in [6.45, 7) is 3.86. The monoisotopic (exact) mass is 499 g/mol. The molecule has 0 bridgehead atoms. The molecule has 0 radical (unpaired) electrons. The summed E-state index contributed by atoms with van der Waals surface area (Å²) in [5, 5.41) is 17.8. The Morgan fingerprint density at radius 3 is 2.41 bits per heavy atom. The highest BCUT2D eigenvalue weighted by atomic mass is 32.2. The number of thiocarbonyl (C=S) groups is 1. The second-order valence-corrected chi connectivity index (χ2v) is 9.10. The molecular weight excluding hydrogens is 476 g/mol. The fourth-order valence-corrected chi connectivity index (χ4v) is 4.57. The van der Waals surface area contributed by atoms with Gasteiger partial charge in [-0.2, -0.15) is 0 Å². The minimum Gasteiger partial charge on any atom is -0.383 e. The van der Waals surface area contributed by atoms with Crippen molar-refractivity contribution < 1.29 is 8.78 Å². The number of anilines is 3. The highest BCUT2D eigenvalue weighted by molar-refractivity contribution is 7.99. The number of pyridine rings is 1. The molecule has 11 heteroatoms. The van der Waals surface area contributed by atoms with E-state index in [2.05, 4.69) is 25.8 Å². The molecule has 176 valence electrons. The molecule has 34 heavy (non-hydrogen) atoms. The van der Waals surface area contributed by atoms with E-state index < -0.39 is 11.6 Å². The number of nitrogens with one attached hydrogen (secondary N) is 4. The predicted octanol–water partition coefficient (Wildman–Crippen LogP) is 3.81. The summed E-state index contributed by atoms with van der Waals surface area (Å²) in [6, 6.07) is 12.8. The number of amidine groups is 1. The van der Waals surface area contributed by atoms with Gasteiger partial charge in [-0.3, -0.25) is 5.41 Å². The van der Waals surface area contributed by atoms with Crippen molar-refractivity contribution in [3.63, 3.8) is 0 Å². The van der Waals surface area contributed by atoms with Gasteiger partial charge in [0.2, 0.25) is 0 Å². The summed E-state index contributed by atoms with van der Waals surface area (Å²) in [5.41, 5.74) is 8.20. The van der Waals surface area contributed by atoms with Gasteiger partial charge in [0.25, 0.3) is 0 Å². The van der Waals surface area contributed by atoms with Crippen LogP contribution in [-0.4, -0.2) is 42.1 Å². The first-order valence-electron chi connectivity index (χ1n) is 10.5. The van der Waals surface area contributed by atoms with E-state index in [4.69, 9.17) is 23.4 Å². The number of rotatable bonds is 5. The molecular formula is C23H23F2N7S2. The number of hydrogen-bond acceptors (Lipinski definition) is 7. The van der Waals surface area contributed by atoms with E-state index in [9.17, 15) is 8.78 Å². The van der Waals surface area contributed by atoms with Crippen LogP contribution in [-0.2, 0) is 0 Å². The van der Waals surface area contributed by atoms with Gasteiger partial charge in [0.15, 0.2) is 5.11 Å². The molecule has 2 aromatic carbocycles. The third kappa shape index (κ3) is 6.19. The van der Waals surface area contributed by atoms with Crippen LogP contribution >= 0.6 is 24.0 Å². The number of nitrogens with zero attached hydrogens (tertiary/aromatic N) is 2. The Bertz CT molecular complexity index is 1180. The lowest BCUT2D eigenvalue weighted by Crippen LogP contribution is -2.43. The summed E-state index contributed by atoms with van der Waals surface area (Å²) in [5.74, 6) is -1.25. The summed E-state index contributed by atoms with van der Waals surface area (Å²) >= 11 is 6.46. The zero-order valence-corrected chi connectivity index (χ0v) is 19.7. The Balaban J connectivity index is 1.38. The molecule has 0 spiro atoms. The second-order valence-electron chi connectivity index (χ2n) is 7.55. The van der Waals surface area contributed by atoms with Crippen LogP contribution < -0.4 is 26.6 Å². The summed E-state index contributed by atoms with van der Waals surface area (Å²) in [7, 11) is 0. The van der Waals surface area contributed by atoms with Gasteiger partial charge in [-0.05, 0) is 54.7 Å². The summed E-state index contributed by atoms with van der Waals surface area (Å²) < 4.78 is 27.0. The van der Waals surface area contributed by atoms with Crippen molar-refractivity contribution in [1.82, 2.24) is 15.6 Å². The second kappa shape index (κ2) is 10.8. The fraction of sp³-hybridized carbons (Fsp3) is 0.174. The van der Waals surface area contributed by atoms with Gasteiger partial charge >= 0.3 is 0 Å². The Morgan fingerprint density at radius 1 is 1.06 bits per heavy atom. The van der Waals surface area contributed by atoms with Crippen molar-refractivity contribution >= 4 is 52.1 Å². The van der Waals surface area contributed by atoms with Gasteiger partial charge in [0, 0.05) is 59.6 Å². The zero-order chi connectivity index (χ0) is 24.1. The molecule has 3 aromatic rings. The quantitative estimate of drug-likeness (QED) is 0.205. The topological polar surface area (TPSA) is 102 Å². The van der Waals surface area contributed by atoms with E-state index in [0.29, 0.717) is 15.4 Å². The van der Waals surface area contributed by atoms with Gasteiger partial charge in [0.05, 0.1) is 5.56 Å². The van der Waals surface area contributed by atoms with Crippen molar-refractivity contribution in [2.24, 2.45) is 0 Å². The molecule has 6 N–H and O–H groups in total. The number of nitrogens with two attached hydrogens (primary N) is 1. The van der Waals surface area contributed by atoms with Crippen molar-refractivity contribution in [2.75, 3.05) is 42.1 Å². The van der Waals surface area contributed by atoms with Crippen LogP contribution in [0.15, 0.2) is 64.5 Å². The highest BCUT2D eigenvalue weighted by Crippen LogP contribution is 2.30. The SMILES string of the molecule is N=C(NC(=S)Nc1ccc(N2CCNCC2)cc1)c1cc(Sc2cc(F)cc(F)c2)cnc1N. The minimum absolute atomic E-state index is 0.0483. The molecule has 1 aliphatic heterocycles. The number of halogens is 2. The van der Waals surface area contributed by atoms with Crippen molar-refractivity contribution in [3.05, 3.63) is 71.9 Å². The maximum absolute atomic E-state index is 13.5. The Kier molecular flexibility index (Phi) is 7.56. The van der Waals surface area contributed by atoms with E-state index in [1.807, 2.05) is 24.3 Å². The average molecular weight is 500 g/mol. The van der Waals surface area contributed by atoms with Gasteiger partial charge in [-0.15, -0.1) is 0 Å². The van der Waals surface area contributed by atoms with E-state index >= 15 is 0 Å². The van der Waals surface area contributed by atoms with E-state index in [1.165, 1.54) is 18.3 Å². The lowest BCUT2D eigenvalue weighted by atomic mass is 10.2. The Hall–Kier alpha value is -3.28. The Morgan fingerprint density at radius 2 is 1.74 bits per heavy atom. The van der Waals surface area contributed by atoms with Crippen molar-refractivity contribution in [3.8, 4) is 0 Å². The minimum atomic E-state index is -0.669. The van der Waals surface area contributed by atoms with Crippen LogP contribution in [0, 0.1) is 17.0 Å². The van der Waals surface area contributed by atoms with Crippen LogP contribution in [0.4, 0.5) is 26.0 Å². The largest absolute Gasteiger partial charge is 0.383 e. The average Bonchev–Trinajstić information content (AvgIpc) is 2.80. The number of aromatic nitrogens is 1.